The molecule has 0 aromatic carbocycles. The highest BCUT2D eigenvalue weighted by molar-refractivity contribution is 7.80. The van der Waals surface area contributed by atoms with Crippen LogP contribution in [0.2, 0.25) is 0 Å². The maximum Gasteiger partial charge on any atom is 0.218 e. The first-order valence-electron chi connectivity index (χ1n) is 5.99. The molecule has 0 aromatic heterocycles. The number of hydrogen-bond acceptors (Lipinski definition) is 4. The lowest BCUT2D eigenvalue weighted by Crippen LogP contribution is -3.13. The molecule has 1 saturated heterocycles. The topological polar surface area (TPSA) is 70.9 Å². The minimum absolute atomic E-state index is 0.444. The Hall–Kier alpha value is -0.170. The average Bonchev–Trinajstić information content (AvgIpc) is 2.17. The fourth-order valence-electron chi connectivity index (χ4n) is 2.25. The third-order valence-electron chi connectivity index (χ3n) is 2.94. The molecular formula is C10H21NO4S. The van der Waals surface area contributed by atoms with E-state index in [1.54, 1.807) is 0 Å². The van der Waals surface area contributed by atoms with Crippen LogP contribution in [0, 0.1) is 0 Å². The van der Waals surface area contributed by atoms with Gasteiger partial charge in [0.25, 0.3) is 0 Å². The molecule has 1 fully saturated rings. The van der Waals surface area contributed by atoms with E-state index in [1.807, 2.05) is 6.92 Å². The van der Waals surface area contributed by atoms with Crippen LogP contribution in [0.25, 0.3) is 0 Å². The monoisotopic (exact) mass is 251 g/mol. The third kappa shape index (κ3) is 5.79. The zero-order valence-electron chi connectivity index (χ0n) is 9.78. The van der Waals surface area contributed by atoms with E-state index in [1.165, 1.54) is 24.2 Å². The van der Waals surface area contributed by atoms with E-state index in [0.717, 1.165) is 19.5 Å². The number of piperidine rings is 1. The van der Waals surface area contributed by atoms with Crippen LogP contribution in [0.4, 0.5) is 0 Å². The molecule has 0 saturated carbocycles. The molecule has 0 spiro atoms. The van der Waals surface area contributed by atoms with Crippen LogP contribution in [0.15, 0.2) is 0 Å². The van der Waals surface area contributed by atoms with Crippen LogP contribution in [-0.4, -0.2) is 38.7 Å². The van der Waals surface area contributed by atoms with Gasteiger partial charge in [-0.3, -0.25) is 4.18 Å². The Balaban J connectivity index is 2.43. The predicted molar refractivity (Wildman–Crippen MR) is 58.9 cm³/mol. The van der Waals surface area contributed by atoms with E-state index in [9.17, 15) is 13.0 Å². The fraction of sp³-hybridized carbons (Fsp3) is 1.00. The summed E-state index contributed by atoms with van der Waals surface area (Å²) in [6.45, 7) is 4.71. The molecule has 16 heavy (non-hydrogen) atoms. The first-order chi connectivity index (χ1) is 7.51. The Labute approximate surface area is 97.7 Å². The molecule has 1 N–H and O–H groups in total. The maximum atomic E-state index is 10.6. The lowest BCUT2D eigenvalue weighted by molar-refractivity contribution is -0.907. The molecule has 0 aliphatic carbocycles. The van der Waals surface area contributed by atoms with Crippen molar-refractivity contribution >= 4 is 10.4 Å². The van der Waals surface area contributed by atoms with Gasteiger partial charge in [-0.1, -0.05) is 13.3 Å². The van der Waals surface area contributed by atoms with Crippen LogP contribution in [0.1, 0.15) is 39.0 Å². The molecule has 1 heterocycles. The van der Waals surface area contributed by atoms with Crippen LogP contribution in [0.3, 0.4) is 0 Å². The molecule has 1 aliphatic rings. The second-order valence-corrected chi connectivity index (χ2v) is 5.44. The van der Waals surface area contributed by atoms with Crippen molar-refractivity contribution in [3.63, 3.8) is 0 Å². The summed E-state index contributed by atoms with van der Waals surface area (Å²) < 4.78 is 36.3. The van der Waals surface area contributed by atoms with Gasteiger partial charge in [0, 0.05) is 0 Å². The Morgan fingerprint density at radius 1 is 1.31 bits per heavy atom. The molecule has 0 amide bonds. The van der Waals surface area contributed by atoms with Gasteiger partial charge in [0.1, 0.15) is 12.6 Å². The SMILES string of the molecule is CCCC(C[NH+]1CCCCC1)OS(=O)(=O)[O-]. The maximum absolute atomic E-state index is 10.6. The van der Waals surface area contributed by atoms with Crippen LogP contribution in [0.5, 0.6) is 0 Å². The minimum atomic E-state index is -4.56. The molecule has 0 aromatic rings. The highest BCUT2D eigenvalue weighted by atomic mass is 32.3. The van der Waals surface area contributed by atoms with Crippen molar-refractivity contribution in [2.24, 2.45) is 0 Å². The van der Waals surface area contributed by atoms with Gasteiger partial charge >= 0.3 is 0 Å². The number of hydrogen-bond donors (Lipinski definition) is 1. The third-order valence-corrected chi connectivity index (χ3v) is 3.45. The van der Waals surface area contributed by atoms with Gasteiger partial charge in [0.05, 0.1) is 13.1 Å². The first-order valence-corrected chi connectivity index (χ1v) is 7.32. The predicted octanol–water partition coefficient (Wildman–Crippen LogP) is -0.299. The number of nitrogens with one attached hydrogen (secondary N) is 1. The van der Waals surface area contributed by atoms with Gasteiger partial charge in [0.2, 0.25) is 10.4 Å². The molecule has 1 atom stereocenters. The van der Waals surface area contributed by atoms with Crippen molar-refractivity contribution in [1.29, 1.82) is 0 Å². The van der Waals surface area contributed by atoms with Gasteiger partial charge < -0.3 is 9.45 Å². The minimum Gasteiger partial charge on any atom is -0.726 e. The molecule has 0 radical (unpaired) electrons. The number of quaternary nitrogens is 1. The number of rotatable bonds is 6. The van der Waals surface area contributed by atoms with Gasteiger partial charge in [-0.05, 0) is 25.7 Å². The summed E-state index contributed by atoms with van der Waals surface area (Å²) >= 11 is 0. The molecule has 1 rings (SSSR count). The van der Waals surface area contributed by atoms with Gasteiger partial charge in [0.15, 0.2) is 0 Å². The lowest BCUT2D eigenvalue weighted by Gasteiger charge is -2.27. The largest absolute Gasteiger partial charge is 0.726 e. The van der Waals surface area contributed by atoms with E-state index in [0.29, 0.717) is 13.0 Å². The fourth-order valence-corrected chi connectivity index (χ4v) is 2.75. The van der Waals surface area contributed by atoms with Gasteiger partial charge in [-0.15, -0.1) is 0 Å². The molecule has 0 bridgehead atoms. The normalized spacial score (nSPS) is 20.9. The highest BCUT2D eigenvalue weighted by Crippen LogP contribution is 2.04. The van der Waals surface area contributed by atoms with E-state index in [-0.39, 0.29) is 0 Å². The van der Waals surface area contributed by atoms with Crippen LogP contribution in [-0.2, 0) is 14.6 Å². The summed E-state index contributed by atoms with van der Waals surface area (Å²) in [7, 11) is -4.56. The van der Waals surface area contributed by atoms with Crippen molar-refractivity contribution < 1.29 is 22.1 Å². The highest BCUT2D eigenvalue weighted by Gasteiger charge is 2.21. The summed E-state index contributed by atoms with van der Waals surface area (Å²) in [4.78, 5) is 1.35. The number of likely N-dealkylation sites (tertiary alicyclic amines) is 1. The van der Waals surface area contributed by atoms with Gasteiger partial charge in [-0.2, -0.15) is 0 Å². The summed E-state index contributed by atoms with van der Waals surface area (Å²) in [5.74, 6) is 0. The Kier molecular flexibility index (Phi) is 5.68. The van der Waals surface area contributed by atoms with E-state index in [4.69, 9.17) is 0 Å². The average molecular weight is 251 g/mol. The van der Waals surface area contributed by atoms with E-state index >= 15 is 0 Å². The van der Waals surface area contributed by atoms with Crippen molar-refractivity contribution in [3.05, 3.63) is 0 Å². The molecule has 6 heteroatoms. The van der Waals surface area contributed by atoms with Crippen molar-refractivity contribution in [2.75, 3.05) is 19.6 Å². The molecular weight excluding hydrogens is 230 g/mol. The van der Waals surface area contributed by atoms with Crippen molar-refractivity contribution in [3.8, 4) is 0 Å². The Morgan fingerprint density at radius 3 is 2.44 bits per heavy atom. The Morgan fingerprint density at radius 2 is 1.94 bits per heavy atom. The lowest BCUT2D eigenvalue weighted by atomic mass is 10.1. The molecule has 1 aliphatic heterocycles. The van der Waals surface area contributed by atoms with Crippen LogP contribution >= 0.6 is 0 Å². The quantitative estimate of drug-likeness (QED) is 0.520. The van der Waals surface area contributed by atoms with Crippen LogP contribution < -0.4 is 4.90 Å². The van der Waals surface area contributed by atoms with Crippen molar-refractivity contribution in [2.45, 2.75) is 45.1 Å². The summed E-state index contributed by atoms with van der Waals surface area (Å²) in [6, 6.07) is 0. The second-order valence-electron chi connectivity index (χ2n) is 4.43. The van der Waals surface area contributed by atoms with Gasteiger partial charge in [-0.25, -0.2) is 8.42 Å². The smallest absolute Gasteiger partial charge is 0.218 e. The first kappa shape index (κ1) is 13.9. The Bertz CT molecular complexity index is 285. The molecule has 5 nitrogen and oxygen atoms in total. The van der Waals surface area contributed by atoms with Crippen molar-refractivity contribution in [1.82, 2.24) is 0 Å². The molecule has 96 valence electrons. The summed E-state index contributed by atoms with van der Waals surface area (Å²) in [5.41, 5.74) is 0. The standard InChI is InChI=1S/C10H21NO4S/c1-2-6-10(15-16(12,13)14)9-11-7-4-3-5-8-11/h10H,2-9H2,1H3,(H,12,13,14). The summed E-state index contributed by atoms with van der Waals surface area (Å²) in [5, 5.41) is 0. The van der Waals surface area contributed by atoms with E-state index in [2.05, 4.69) is 4.18 Å². The van der Waals surface area contributed by atoms with E-state index < -0.39 is 16.5 Å². The second kappa shape index (κ2) is 6.54. The summed E-state index contributed by atoms with van der Waals surface area (Å²) in [6.07, 6.45) is 4.62. The zero-order chi connectivity index (χ0) is 12.0. The molecule has 1 unspecified atom stereocenters. The zero-order valence-corrected chi connectivity index (χ0v) is 10.6.